The summed E-state index contributed by atoms with van der Waals surface area (Å²) in [7, 11) is 0. The first-order valence-electron chi connectivity index (χ1n) is 4.08. The molecule has 0 bridgehead atoms. The van der Waals surface area contributed by atoms with Crippen LogP contribution in [-0.2, 0) is 0 Å². The van der Waals surface area contributed by atoms with Gasteiger partial charge in [0.2, 0.25) is 0 Å². The second kappa shape index (κ2) is 4.05. The fraction of sp³-hybridized carbons (Fsp3) is 0.444. The Balaban J connectivity index is 3.05. The average Bonchev–Trinajstić information content (AvgIpc) is 2.08. The van der Waals surface area contributed by atoms with Gasteiger partial charge in [-0.15, -0.1) is 0 Å². The summed E-state index contributed by atoms with van der Waals surface area (Å²) < 4.78 is 0. The summed E-state index contributed by atoms with van der Waals surface area (Å²) in [5.41, 5.74) is 7.10. The van der Waals surface area contributed by atoms with E-state index in [1.54, 1.807) is 19.2 Å². The molecule has 1 heterocycles. The summed E-state index contributed by atoms with van der Waals surface area (Å²) in [6.07, 6.45) is 0.902. The van der Waals surface area contributed by atoms with Crippen molar-refractivity contribution in [1.82, 2.24) is 4.98 Å². The van der Waals surface area contributed by atoms with E-state index in [2.05, 4.69) is 4.98 Å². The van der Waals surface area contributed by atoms with E-state index in [-0.39, 0.29) is 6.04 Å². The molecular weight excluding hydrogens is 188 g/mol. The maximum absolute atomic E-state index is 9.65. The van der Waals surface area contributed by atoms with Gasteiger partial charge < -0.3 is 10.8 Å². The van der Waals surface area contributed by atoms with E-state index in [1.807, 2.05) is 6.92 Å². The van der Waals surface area contributed by atoms with E-state index in [9.17, 15) is 5.11 Å². The molecule has 0 aliphatic carbocycles. The van der Waals surface area contributed by atoms with Gasteiger partial charge in [0.25, 0.3) is 0 Å². The lowest BCUT2D eigenvalue weighted by atomic mass is 10.1. The standard InChI is InChI=1S/C9H13ClN2O/c1-5-3-7(8(13)6(2)11)9(10)12-4-5/h3-4,6,8,13H,11H2,1-2H3. The van der Waals surface area contributed by atoms with Crippen LogP contribution in [0, 0.1) is 6.92 Å². The number of rotatable bonds is 2. The van der Waals surface area contributed by atoms with Gasteiger partial charge in [0, 0.05) is 17.8 Å². The lowest BCUT2D eigenvalue weighted by molar-refractivity contribution is 0.153. The molecule has 0 aliphatic rings. The van der Waals surface area contributed by atoms with Crippen molar-refractivity contribution in [2.45, 2.75) is 26.0 Å². The number of nitrogens with zero attached hydrogens (tertiary/aromatic N) is 1. The quantitative estimate of drug-likeness (QED) is 0.710. The summed E-state index contributed by atoms with van der Waals surface area (Å²) in [6, 6.07) is 1.45. The van der Waals surface area contributed by atoms with E-state index in [1.165, 1.54) is 0 Å². The molecule has 1 aromatic rings. The lowest BCUT2D eigenvalue weighted by Crippen LogP contribution is -2.24. The number of aliphatic hydroxyl groups is 1. The number of nitrogens with two attached hydrogens (primary N) is 1. The molecule has 3 N–H and O–H groups in total. The van der Waals surface area contributed by atoms with Crippen LogP contribution in [0.1, 0.15) is 24.2 Å². The van der Waals surface area contributed by atoms with Crippen molar-refractivity contribution in [3.05, 3.63) is 28.5 Å². The smallest absolute Gasteiger partial charge is 0.134 e. The minimum atomic E-state index is -0.750. The number of pyridine rings is 1. The Morgan fingerprint density at radius 2 is 2.23 bits per heavy atom. The van der Waals surface area contributed by atoms with E-state index in [0.717, 1.165) is 5.56 Å². The number of hydrogen-bond acceptors (Lipinski definition) is 3. The van der Waals surface area contributed by atoms with Crippen molar-refractivity contribution in [3.8, 4) is 0 Å². The molecule has 13 heavy (non-hydrogen) atoms. The molecule has 0 spiro atoms. The van der Waals surface area contributed by atoms with E-state index < -0.39 is 6.10 Å². The molecule has 2 unspecified atom stereocenters. The van der Waals surface area contributed by atoms with E-state index in [0.29, 0.717) is 10.7 Å². The molecule has 72 valence electrons. The molecule has 0 saturated heterocycles. The van der Waals surface area contributed by atoms with Crippen LogP contribution >= 0.6 is 11.6 Å². The molecule has 2 atom stereocenters. The Kier molecular flexibility index (Phi) is 3.25. The molecule has 4 heteroatoms. The van der Waals surface area contributed by atoms with Crippen molar-refractivity contribution >= 4 is 11.6 Å². The molecular formula is C9H13ClN2O. The normalized spacial score (nSPS) is 15.5. The molecule has 3 nitrogen and oxygen atoms in total. The highest BCUT2D eigenvalue weighted by Crippen LogP contribution is 2.23. The first-order valence-corrected chi connectivity index (χ1v) is 4.46. The third kappa shape index (κ3) is 2.40. The van der Waals surface area contributed by atoms with Crippen LogP contribution in [0.15, 0.2) is 12.3 Å². The molecule has 0 radical (unpaired) electrons. The fourth-order valence-corrected chi connectivity index (χ4v) is 1.28. The highest BCUT2D eigenvalue weighted by atomic mass is 35.5. The second-order valence-electron chi connectivity index (χ2n) is 3.20. The molecule has 0 amide bonds. The maximum atomic E-state index is 9.65. The maximum Gasteiger partial charge on any atom is 0.134 e. The first-order chi connectivity index (χ1) is 6.02. The van der Waals surface area contributed by atoms with Crippen LogP contribution in [0.4, 0.5) is 0 Å². The zero-order valence-corrected chi connectivity index (χ0v) is 8.42. The predicted octanol–water partition coefficient (Wildman–Crippen LogP) is 1.42. The van der Waals surface area contributed by atoms with Gasteiger partial charge in [0.05, 0.1) is 6.10 Å². The van der Waals surface area contributed by atoms with Crippen LogP contribution in [0.3, 0.4) is 0 Å². The third-order valence-electron chi connectivity index (χ3n) is 1.82. The number of aliphatic hydroxyl groups excluding tert-OH is 1. The zero-order chi connectivity index (χ0) is 10.0. The summed E-state index contributed by atoms with van der Waals surface area (Å²) >= 11 is 5.81. The third-order valence-corrected chi connectivity index (χ3v) is 2.14. The van der Waals surface area contributed by atoms with E-state index in [4.69, 9.17) is 17.3 Å². The number of hydrogen-bond donors (Lipinski definition) is 2. The summed E-state index contributed by atoms with van der Waals surface area (Å²) in [6.45, 7) is 3.62. The topological polar surface area (TPSA) is 59.1 Å². The van der Waals surface area contributed by atoms with Gasteiger partial charge in [-0.3, -0.25) is 0 Å². The summed E-state index contributed by atoms with van der Waals surface area (Å²) in [4.78, 5) is 3.93. The highest BCUT2D eigenvalue weighted by molar-refractivity contribution is 6.30. The van der Waals surface area contributed by atoms with Crippen molar-refractivity contribution < 1.29 is 5.11 Å². The molecule has 0 aromatic carbocycles. The summed E-state index contributed by atoms with van der Waals surface area (Å²) in [5.74, 6) is 0. The van der Waals surface area contributed by atoms with Gasteiger partial charge in [-0.05, 0) is 25.5 Å². The number of aromatic nitrogens is 1. The molecule has 0 saturated carbocycles. The second-order valence-corrected chi connectivity index (χ2v) is 3.55. The average molecular weight is 201 g/mol. The van der Waals surface area contributed by atoms with Crippen LogP contribution in [0.5, 0.6) is 0 Å². The van der Waals surface area contributed by atoms with Crippen LogP contribution < -0.4 is 5.73 Å². The van der Waals surface area contributed by atoms with Crippen LogP contribution in [-0.4, -0.2) is 16.1 Å². The predicted molar refractivity (Wildman–Crippen MR) is 52.6 cm³/mol. The van der Waals surface area contributed by atoms with Crippen molar-refractivity contribution in [2.24, 2.45) is 5.73 Å². The minimum absolute atomic E-state index is 0.315. The van der Waals surface area contributed by atoms with Gasteiger partial charge in [0.1, 0.15) is 5.15 Å². The molecule has 1 aromatic heterocycles. The Bertz CT molecular complexity index is 302. The highest BCUT2D eigenvalue weighted by Gasteiger charge is 2.16. The number of halogens is 1. The largest absolute Gasteiger partial charge is 0.387 e. The van der Waals surface area contributed by atoms with Gasteiger partial charge in [0.15, 0.2) is 0 Å². The zero-order valence-electron chi connectivity index (χ0n) is 7.66. The minimum Gasteiger partial charge on any atom is -0.387 e. The Morgan fingerprint density at radius 3 is 2.77 bits per heavy atom. The molecule has 1 rings (SSSR count). The van der Waals surface area contributed by atoms with Crippen molar-refractivity contribution in [3.63, 3.8) is 0 Å². The van der Waals surface area contributed by atoms with Crippen LogP contribution in [0.25, 0.3) is 0 Å². The summed E-state index contributed by atoms with van der Waals surface area (Å²) in [5, 5.41) is 9.97. The Morgan fingerprint density at radius 1 is 1.62 bits per heavy atom. The van der Waals surface area contributed by atoms with Gasteiger partial charge in [-0.25, -0.2) is 4.98 Å². The van der Waals surface area contributed by atoms with Gasteiger partial charge in [-0.1, -0.05) is 11.6 Å². The fourth-order valence-electron chi connectivity index (χ4n) is 1.07. The lowest BCUT2D eigenvalue weighted by Gasteiger charge is -2.15. The Labute approximate surface area is 82.5 Å². The SMILES string of the molecule is Cc1cnc(Cl)c(C(O)C(C)N)c1. The monoisotopic (exact) mass is 200 g/mol. The first kappa shape index (κ1) is 10.4. The van der Waals surface area contributed by atoms with E-state index >= 15 is 0 Å². The molecule has 0 fully saturated rings. The number of aryl methyl sites for hydroxylation is 1. The van der Waals surface area contributed by atoms with Gasteiger partial charge in [-0.2, -0.15) is 0 Å². The van der Waals surface area contributed by atoms with Crippen molar-refractivity contribution in [1.29, 1.82) is 0 Å². The van der Waals surface area contributed by atoms with Crippen molar-refractivity contribution in [2.75, 3.05) is 0 Å². The molecule has 0 aliphatic heterocycles. The van der Waals surface area contributed by atoms with Gasteiger partial charge >= 0.3 is 0 Å². The van der Waals surface area contributed by atoms with Crippen LogP contribution in [0.2, 0.25) is 5.15 Å². The Hall–Kier alpha value is -0.640.